The molecule has 36 heavy (non-hydrogen) atoms. The molecule has 12 heteroatoms. The molecule has 0 radical (unpaired) electrons. The Labute approximate surface area is 207 Å². The molecule has 0 aliphatic carbocycles. The number of rotatable bonds is 9. The first-order valence-corrected chi connectivity index (χ1v) is 11.0. The maximum absolute atomic E-state index is 12.9. The van der Waals surface area contributed by atoms with Gasteiger partial charge in [-0.1, -0.05) is 0 Å². The van der Waals surface area contributed by atoms with Crippen molar-refractivity contribution in [1.29, 1.82) is 0 Å². The number of aromatic amines is 1. The van der Waals surface area contributed by atoms with Crippen molar-refractivity contribution in [3.8, 4) is 40.1 Å². The summed E-state index contributed by atoms with van der Waals surface area (Å²) < 4.78 is 26.7. The predicted molar refractivity (Wildman–Crippen MR) is 130 cm³/mol. The van der Waals surface area contributed by atoms with Crippen LogP contribution in [0.4, 0.5) is 11.6 Å². The molecule has 2 aromatic carbocycles. The molecule has 0 bridgehead atoms. The first-order chi connectivity index (χ1) is 17.4. The summed E-state index contributed by atoms with van der Waals surface area (Å²) in [5.74, 6) is 1.72. The zero-order valence-electron chi connectivity index (χ0n) is 20.6. The molecule has 4 rings (SSSR count). The highest BCUT2D eigenvalue weighted by atomic mass is 16.5. The number of aromatic nitrogens is 3. The maximum atomic E-state index is 12.9. The van der Waals surface area contributed by atoms with Gasteiger partial charge in [0.1, 0.15) is 11.5 Å². The summed E-state index contributed by atoms with van der Waals surface area (Å²) in [4.78, 5) is 31.6. The van der Waals surface area contributed by atoms with Crippen LogP contribution in [0.3, 0.4) is 0 Å². The molecule has 2 amide bonds. The van der Waals surface area contributed by atoms with E-state index in [0.29, 0.717) is 45.8 Å². The van der Waals surface area contributed by atoms with Gasteiger partial charge in [-0.05, 0) is 12.1 Å². The molecule has 1 aliphatic rings. The number of benzene rings is 2. The van der Waals surface area contributed by atoms with E-state index in [0.717, 1.165) is 0 Å². The lowest BCUT2D eigenvalue weighted by Gasteiger charge is -2.20. The molecule has 2 N–H and O–H groups in total. The lowest BCUT2D eigenvalue weighted by molar-refractivity contribution is -0.122. The van der Waals surface area contributed by atoms with Gasteiger partial charge in [0.05, 0.1) is 52.7 Å². The number of ether oxygens (including phenoxy) is 5. The van der Waals surface area contributed by atoms with Crippen LogP contribution in [0.15, 0.2) is 30.3 Å². The van der Waals surface area contributed by atoms with E-state index in [2.05, 4.69) is 20.5 Å². The Morgan fingerprint density at radius 3 is 2.28 bits per heavy atom. The van der Waals surface area contributed by atoms with Crippen molar-refractivity contribution >= 4 is 23.5 Å². The molecule has 1 atom stereocenters. The van der Waals surface area contributed by atoms with Gasteiger partial charge in [0.25, 0.3) is 0 Å². The maximum Gasteiger partial charge on any atom is 0.249 e. The standard InChI is InChI=1S/C24H27N5O7/c1-32-15-6-7-16(17(11-15)33-2)22-25-24(28-27-22)26-23(31)13-8-20(30)29(12-13)14-9-18(34-3)21(36-5)19(10-14)35-4/h6-7,9-11,13H,8,12H2,1-5H3,(H2,25,26,27,28,31). The van der Waals surface area contributed by atoms with E-state index in [-0.39, 0.29) is 30.7 Å². The minimum absolute atomic E-state index is 0.0338. The van der Waals surface area contributed by atoms with Crippen molar-refractivity contribution in [2.75, 3.05) is 52.3 Å². The summed E-state index contributed by atoms with van der Waals surface area (Å²) in [5.41, 5.74) is 1.19. The second-order valence-corrected chi connectivity index (χ2v) is 7.85. The Balaban J connectivity index is 1.49. The Kier molecular flexibility index (Phi) is 7.13. The summed E-state index contributed by atoms with van der Waals surface area (Å²) >= 11 is 0. The lowest BCUT2D eigenvalue weighted by Crippen LogP contribution is -2.28. The van der Waals surface area contributed by atoms with Crippen LogP contribution in [0.1, 0.15) is 6.42 Å². The van der Waals surface area contributed by atoms with Crippen LogP contribution < -0.4 is 33.9 Å². The number of nitrogens with zero attached hydrogens (tertiary/aromatic N) is 3. The number of methoxy groups -OCH3 is 5. The fourth-order valence-electron chi connectivity index (χ4n) is 4.00. The van der Waals surface area contributed by atoms with Crippen molar-refractivity contribution in [2.45, 2.75) is 6.42 Å². The summed E-state index contributed by atoms with van der Waals surface area (Å²) in [6, 6.07) is 8.60. The molecule has 0 spiro atoms. The molecule has 1 unspecified atom stereocenters. The largest absolute Gasteiger partial charge is 0.497 e. The number of anilines is 2. The number of amides is 2. The molecule has 1 aliphatic heterocycles. The minimum atomic E-state index is -0.603. The monoisotopic (exact) mass is 497 g/mol. The van der Waals surface area contributed by atoms with E-state index in [1.807, 2.05) is 0 Å². The molecular formula is C24H27N5O7. The van der Waals surface area contributed by atoms with Crippen LogP contribution in [0.2, 0.25) is 0 Å². The van der Waals surface area contributed by atoms with E-state index in [1.165, 1.54) is 33.3 Å². The van der Waals surface area contributed by atoms with Crippen molar-refractivity contribution < 1.29 is 33.3 Å². The number of nitrogens with one attached hydrogen (secondary N) is 2. The normalized spacial score (nSPS) is 15.0. The number of carbonyl (C=O) groups is 2. The van der Waals surface area contributed by atoms with Crippen LogP contribution in [0.5, 0.6) is 28.7 Å². The Hall–Kier alpha value is -4.48. The van der Waals surface area contributed by atoms with Gasteiger partial charge < -0.3 is 28.6 Å². The highest BCUT2D eigenvalue weighted by Gasteiger charge is 2.36. The fraction of sp³-hybridized carbons (Fsp3) is 0.333. The van der Waals surface area contributed by atoms with Gasteiger partial charge in [-0.15, -0.1) is 5.10 Å². The molecule has 1 fully saturated rings. The highest BCUT2D eigenvalue weighted by Crippen LogP contribution is 2.42. The van der Waals surface area contributed by atoms with Crippen molar-refractivity contribution in [3.05, 3.63) is 30.3 Å². The molecule has 1 aromatic heterocycles. The second-order valence-electron chi connectivity index (χ2n) is 7.85. The Morgan fingerprint density at radius 1 is 0.972 bits per heavy atom. The van der Waals surface area contributed by atoms with Gasteiger partial charge in [0, 0.05) is 31.2 Å². The third-order valence-electron chi connectivity index (χ3n) is 5.84. The van der Waals surface area contributed by atoms with Crippen LogP contribution in [-0.2, 0) is 9.59 Å². The van der Waals surface area contributed by atoms with Gasteiger partial charge >= 0.3 is 0 Å². The SMILES string of the molecule is COc1ccc(-c2nc(NC(=O)C3CC(=O)N(c4cc(OC)c(OC)c(OC)c4)C3)n[nH]2)c(OC)c1. The molecule has 2 heterocycles. The fourth-order valence-corrected chi connectivity index (χ4v) is 4.00. The van der Waals surface area contributed by atoms with E-state index in [9.17, 15) is 9.59 Å². The lowest BCUT2D eigenvalue weighted by atomic mass is 10.1. The van der Waals surface area contributed by atoms with E-state index >= 15 is 0 Å². The molecule has 12 nitrogen and oxygen atoms in total. The Morgan fingerprint density at radius 2 is 1.67 bits per heavy atom. The molecule has 0 saturated carbocycles. The van der Waals surface area contributed by atoms with Gasteiger partial charge in [-0.3, -0.25) is 20.0 Å². The minimum Gasteiger partial charge on any atom is -0.497 e. The number of carbonyl (C=O) groups excluding carboxylic acids is 2. The van der Waals surface area contributed by atoms with Crippen LogP contribution >= 0.6 is 0 Å². The molecule has 190 valence electrons. The summed E-state index contributed by atoms with van der Waals surface area (Å²) in [5, 5.41) is 9.56. The van der Waals surface area contributed by atoms with E-state index in [4.69, 9.17) is 23.7 Å². The molecular weight excluding hydrogens is 470 g/mol. The smallest absolute Gasteiger partial charge is 0.249 e. The quantitative estimate of drug-likeness (QED) is 0.457. The zero-order chi connectivity index (χ0) is 25.8. The van der Waals surface area contributed by atoms with Crippen molar-refractivity contribution in [1.82, 2.24) is 15.2 Å². The average Bonchev–Trinajstić information content (AvgIpc) is 3.53. The molecule has 3 aromatic rings. The van der Waals surface area contributed by atoms with Crippen LogP contribution in [0, 0.1) is 5.92 Å². The second kappa shape index (κ2) is 10.4. The van der Waals surface area contributed by atoms with E-state index < -0.39 is 5.92 Å². The molecule has 1 saturated heterocycles. The van der Waals surface area contributed by atoms with Gasteiger partial charge in [0.15, 0.2) is 17.3 Å². The van der Waals surface area contributed by atoms with Gasteiger partial charge in [-0.2, -0.15) is 4.98 Å². The topological polar surface area (TPSA) is 137 Å². The van der Waals surface area contributed by atoms with Gasteiger partial charge in [0.2, 0.25) is 23.5 Å². The predicted octanol–water partition coefficient (Wildman–Crippen LogP) is 2.51. The number of hydrogen-bond acceptors (Lipinski definition) is 9. The van der Waals surface area contributed by atoms with Crippen LogP contribution in [0.25, 0.3) is 11.4 Å². The third kappa shape index (κ3) is 4.69. The average molecular weight is 498 g/mol. The first-order valence-electron chi connectivity index (χ1n) is 11.0. The van der Waals surface area contributed by atoms with Crippen molar-refractivity contribution in [2.24, 2.45) is 5.92 Å². The third-order valence-corrected chi connectivity index (χ3v) is 5.84. The summed E-state index contributed by atoms with van der Waals surface area (Å²) in [7, 11) is 7.59. The van der Waals surface area contributed by atoms with Crippen LogP contribution in [-0.4, -0.2) is 69.1 Å². The zero-order valence-corrected chi connectivity index (χ0v) is 20.6. The first kappa shape index (κ1) is 24.6. The van der Waals surface area contributed by atoms with Crippen molar-refractivity contribution in [3.63, 3.8) is 0 Å². The Bertz CT molecular complexity index is 1250. The number of hydrogen-bond donors (Lipinski definition) is 2. The number of H-pyrrole nitrogens is 1. The van der Waals surface area contributed by atoms with E-state index in [1.54, 1.807) is 37.4 Å². The summed E-state index contributed by atoms with van der Waals surface area (Å²) in [6.45, 7) is 0.173. The van der Waals surface area contributed by atoms with Gasteiger partial charge in [-0.25, -0.2) is 0 Å². The highest BCUT2D eigenvalue weighted by molar-refractivity contribution is 6.03. The summed E-state index contributed by atoms with van der Waals surface area (Å²) in [6.07, 6.45) is 0.0338.